The fourth-order valence-corrected chi connectivity index (χ4v) is 3.20. The molecule has 108 valence electrons. The Kier molecular flexibility index (Phi) is 4.44. The quantitative estimate of drug-likeness (QED) is 0.919. The number of hydrogen-bond donors (Lipinski definition) is 1. The molecule has 0 radical (unpaired) electrons. The van der Waals surface area contributed by atoms with Gasteiger partial charge in [0.15, 0.2) is 0 Å². The first-order chi connectivity index (χ1) is 9.88. The van der Waals surface area contributed by atoms with E-state index >= 15 is 0 Å². The maximum Gasteiger partial charge on any atom is 0.139 e. The molecule has 5 nitrogen and oxygen atoms in total. The minimum absolute atomic E-state index is 0.0478. The van der Waals surface area contributed by atoms with Gasteiger partial charge in [-0.05, 0) is 19.8 Å². The van der Waals surface area contributed by atoms with Crippen LogP contribution in [-0.2, 0) is 17.8 Å². The van der Waals surface area contributed by atoms with Gasteiger partial charge in [-0.15, -0.1) is 11.3 Å². The van der Waals surface area contributed by atoms with Crippen LogP contribution < -0.4 is 5.32 Å². The number of ether oxygens (including phenoxy) is 1. The second-order valence-electron chi connectivity index (χ2n) is 4.96. The third-order valence-electron chi connectivity index (χ3n) is 3.69. The van der Waals surface area contributed by atoms with E-state index in [0.29, 0.717) is 6.04 Å². The van der Waals surface area contributed by atoms with Crippen LogP contribution in [0.5, 0.6) is 0 Å². The molecule has 0 spiro atoms. The van der Waals surface area contributed by atoms with Gasteiger partial charge in [0.2, 0.25) is 0 Å². The molecule has 2 atom stereocenters. The van der Waals surface area contributed by atoms with Gasteiger partial charge in [0.1, 0.15) is 11.9 Å². The highest BCUT2D eigenvalue weighted by Gasteiger charge is 2.30. The van der Waals surface area contributed by atoms with E-state index in [-0.39, 0.29) is 6.10 Å². The Labute approximate surface area is 123 Å². The van der Waals surface area contributed by atoms with Crippen molar-refractivity contribution in [1.29, 1.82) is 0 Å². The van der Waals surface area contributed by atoms with Crippen molar-refractivity contribution >= 4 is 11.3 Å². The lowest BCUT2D eigenvalue weighted by Crippen LogP contribution is -2.40. The van der Waals surface area contributed by atoms with E-state index in [1.165, 1.54) is 4.88 Å². The van der Waals surface area contributed by atoms with Crippen molar-refractivity contribution < 1.29 is 4.74 Å². The second kappa shape index (κ2) is 6.47. The lowest BCUT2D eigenvalue weighted by atomic mass is 10.0. The van der Waals surface area contributed by atoms with E-state index in [1.807, 2.05) is 24.1 Å². The molecule has 1 fully saturated rings. The van der Waals surface area contributed by atoms with Crippen LogP contribution in [0.2, 0.25) is 0 Å². The molecule has 1 saturated heterocycles. The second-order valence-corrected chi connectivity index (χ2v) is 5.93. The summed E-state index contributed by atoms with van der Waals surface area (Å²) in [5.74, 6) is 1.04. The summed E-state index contributed by atoms with van der Waals surface area (Å²) >= 11 is 1.68. The average molecular weight is 292 g/mol. The van der Waals surface area contributed by atoms with Crippen LogP contribution in [0.25, 0.3) is 0 Å². The molecule has 20 heavy (non-hydrogen) atoms. The van der Waals surface area contributed by atoms with Crippen LogP contribution in [0.3, 0.4) is 0 Å². The average Bonchev–Trinajstić information content (AvgIpc) is 3.16. The minimum atomic E-state index is 0.0478. The van der Waals surface area contributed by atoms with E-state index < -0.39 is 0 Å². The molecule has 3 heterocycles. The normalized spacial score (nSPS) is 23.1. The smallest absolute Gasteiger partial charge is 0.139 e. The first-order valence-corrected chi connectivity index (χ1v) is 8.00. The predicted octanol–water partition coefficient (Wildman–Crippen LogP) is 2.37. The van der Waals surface area contributed by atoms with E-state index in [0.717, 1.165) is 38.4 Å². The van der Waals surface area contributed by atoms with Crippen LogP contribution in [0.4, 0.5) is 0 Å². The van der Waals surface area contributed by atoms with Gasteiger partial charge in [-0.25, -0.2) is 4.98 Å². The lowest BCUT2D eigenvalue weighted by molar-refractivity contribution is -0.0181. The highest BCUT2D eigenvalue weighted by atomic mass is 32.1. The van der Waals surface area contributed by atoms with Gasteiger partial charge in [-0.2, -0.15) is 0 Å². The Balaban J connectivity index is 1.70. The Morgan fingerprint density at radius 1 is 1.55 bits per heavy atom. The van der Waals surface area contributed by atoms with Crippen molar-refractivity contribution in [3.05, 3.63) is 34.8 Å². The Morgan fingerprint density at radius 2 is 2.50 bits per heavy atom. The van der Waals surface area contributed by atoms with Crippen LogP contribution in [0, 0.1) is 0 Å². The van der Waals surface area contributed by atoms with Crippen molar-refractivity contribution in [2.45, 2.75) is 45.0 Å². The highest BCUT2D eigenvalue weighted by Crippen LogP contribution is 2.27. The van der Waals surface area contributed by atoms with Crippen molar-refractivity contribution in [2.24, 2.45) is 0 Å². The maximum absolute atomic E-state index is 5.99. The summed E-state index contributed by atoms with van der Waals surface area (Å²) in [6.07, 6.45) is 8.07. The molecule has 1 aliphatic heterocycles. The number of hydrogen-bond acceptors (Lipinski definition) is 5. The van der Waals surface area contributed by atoms with Crippen molar-refractivity contribution in [3.8, 4) is 0 Å². The maximum atomic E-state index is 5.99. The van der Waals surface area contributed by atoms with E-state index in [9.17, 15) is 0 Å². The predicted molar refractivity (Wildman–Crippen MR) is 78.6 cm³/mol. The van der Waals surface area contributed by atoms with Gasteiger partial charge in [-0.1, -0.05) is 0 Å². The standard InChI is InChI=1S/C14H20N4OS/c1-2-18-6-5-16-14(18)13-12(4-3-7-19-13)17-9-11-8-15-10-20-11/h5-6,8,10,12-13,17H,2-4,7,9H2,1H3/t12-,13-/m0/s1. The van der Waals surface area contributed by atoms with Gasteiger partial charge in [0.25, 0.3) is 0 Å². The number of nitrogens with zero attached hydrogens (tertiary/aromatic N) is 3. The third kappa shape index (κ3) is 2.92. The Bertz CT molecular complexity index is 525. The number of aromatic nitrogens is 3. The molecule has 0 aliphatic carbocycles. The molecule has 1 N–H and O–H groups in total. The molecule has 0 aromatic carbocycles. The molecule has 2 aromatic rings. The summed E-state index contributed by atoms with van der Waals surface area (Å²) in [5, 5.41) is 3.61. The summed E-state index contributed by atoms with van der Waals surface area (Å²) in [4.78, 5) is 9.86. The molecule has 2 aromatic heterocycles. The van der Waals surface area contributed by atoms with Crippen molar-refractivity contribution in [3.63, 3.8) is 0 Å². The van der Waals surface area contributed by atoms with Gasteiger partial charge in [0, 0.05) is 49.2 Å². The zero-order chi connectivity index (χ0) is 13.8. The van der Waals surface area contributed by atoms with Gasteiger partial charge >= 0.3 is 0 Å². The lowest BCUT2D eigenvalue weighted by Gasteiger charge is -2.32. The first-order valence-electron chi connectivity index (χ1n) is 7.12. The number of imidazole rings is 1. The zero-order valence-electron chi connectivity index (χ0n) is 11.7. The molecule has 0 unspecified atom stereocenters. The summed E-state index contributed by atoms with van der Waals surface area (Å²) in [6, 6.07) is 0.318. The number of rotatable bonds is 5. The fraction of sp³-hybridized carbons (Fsp3) is 0.571. The minimum Gasteiger partial charge on any atom is -0.369 e. The zero-order valence-corrected chi connectivity index (χ0v) is 12.5. The Hall–Kier alpha value is -1.24. The summed E-state index contributed by atoms with van der Waals surface area (Å²) in [7, 11) is 0. The molecule has 1 aliphatic rings. The summed E-state index contributed by atoms with van der Waals surface area (Å²) < 4.78 is 8.15. The molecule has 0 saturated carbocycles. The summed E-state index contributed by atoms with van der Waals surface area (Å²) in [6.45, 7) is 4.73. The summed E-state index contributed by atoms with van der Waals surface area (Å²) in [5.41, 5.74) is 1.87. The highest BCUT2D eigenvalue weighted by molar-refractivity contribution is 7.09. The molecular formula is C14H20N4OS. The van der Waals surface area contributed by atoms with Gasteiger partial charge in [0.05, 0.1) is 5.51 Å². The molecule has 6 heteroatoms. The molecule has 3 rings (SSSR count). The van der Waals surface area contributed by atoms with E-state index in [4.69, 9.17) is 4.74 Å². The SMILES string of the molecule is CCn1ccnc1[C@H]1OCCC[C@@H]1NCc1cncs1. The van der Waals surface area contributed by atoms with Gasteiger partial charge < -0.3 is 14.6 Å². The van der Waals surface area contributed by atoms with Crippen LogP contribution >= 0.6 is 11.3 Å². The van der Waals surface area contributed by atoms with E-state index in [2.05, 4.69) is 26.8 Å². The number of thiazole rings is 1. The van der Waals surface area contributed by atoms with Crippen molar-refractivity contribution in [1.82, 2.24) is 19.9 Å². The largest absolute Gasteiger partial charge is 0.369 e. The van der Waals surface area contributed by atoms with Crippen molar-refractivity contribution in [2.75, 3.05) is 6.61 Å². The molecular weight excluding hydrogens is 272 g/mol. The van der Waals surface area contributed by atoms with Crippen LogP contribution in [0.1, 0.15) is 36.6 Å². The van der Waals surface area contributed by atoms with Gasteiger partial charge in [-0.3, -0.25) is 4.98 Å². The van der Waals surface area contributed by atoms with Crippen LogP contribution in [-0.4, -0.2) is 27.2 Å². The van der Waals surface area contributed by atoms with Crippen LogP contribution in [0.15, 0.2) is 24.1 Å². The molecule has 0 amide bonds. The topological polar surface area (TPSA) is 52.0 Å². The number of aryl methyl sites for hydroxylation is 1. The first kappa shape index (κ1) is 13.7. The Morgan fingerprint density at radius 3 is 3.30 bits per heavy atom. The molecule has 0 bridgehead atoms. The monoisotopic (exact) mass is 292 g/mol. The number of nitrogens with one attached hydrogen (secondary N) is 1. The van der Waals surface area contributed by atoms with E-state index in [1.54, 1.807) is 11.3 Å². The third-order valence-corrected chi connectivity index (χ3v) is 4.47. The fourth-order valence-electron chi connectivity index (χ4n) is 2.65.